The number of aliphatic carboxylic acids is 1. The zero-order valence-electron chi connectivity index (χ0n) is 13.5. The molecule has 1 heterocycles. The number of hydrogen-bond acceptors (Lipinski definition) is 7. The molecule has 0 aliphatic heterocycles. The monoisotopic (exact) mass is 371 g/mol. The van der Waals surface area contributed by atoms with Gasteiger partial charge in [-0.2, -0.15) is 0 Å². The van der Waals surface area contributed by atoms with Crippen molar-refractivity contribution < 1.29 is 23.4 Å². The van der Waals surface area contributed by atoms with Gasteiger partial charge >= 0.3 is 0 Å². The minimum absolute atomic E-state index is 0.0303. The molecule has 0 radical (unpaired) electrons. The Hall–Kier alpha value is -3.13. The van der Waals surface area contributed by atoms with Gasteiger partial charge in [-0.3, -0.25) is 0 Å². The number of aromatic nitrogens is 2. The molecule has 0 aliphatic rings. The van der Waals surface area contributed by atoms with E-state index >= 15 is 0 Å². The van der Waals surface area contributed by atoms with Crippen LogP contribution in [-0.2, 0) is 4.79 Å². The molecule has 6 nitrogen and oxygen atoms in total. The Balaban J connectivity index is 1.83. The second-order valence-electron chi connectivity index (χ2n) is 5.05. The number of carboxylic acids is 1. The highest BCUT2D eigenvalue weighted by atomic mass is 32.2. The quantitative estimate of drug-likeness (QED) is 0.486. The SMILES string of the molecule is COc1cccc(/C=C(/Sc2nnc(-c3ccc(F)cc3)o2)C(=O)[O-])c1. The number of methoxy groups -OCH3 is 1. The summed E-state index contributed by atoms with van der Waals surface area (Å²) in [4.78, 5) is 11.3. The van der Waals surface area contributed by atoms with Crippen molar-refractivity contribution in [1.82, 2.24) is 10.2 Å². The number of carboxylic acid groups (broad SMARTS) is 1. The lowest BCUT2D eigenvalue weighted by Gasteiger charge is -2.06. The molecule has 0 amide bonds. The summed E-state index contributed by atoms with van der Waals surface area (Å²) in [5.41, 5.74) is 1.15. The highest BCUT2D eigenvalue weighted by Crippen LogP contribution is 2.30. The number of nitrogens with zero attached hydrogens (tertiary/aromatic N) is 2. The fourth-order valence-corrected chi connectivity index (χ4v) is 2.74. The third kappa shape index (κ3) is 4.28. The Kier molecular flexibility index (Phi) is 5.33. The summed E-state index contributed by atoms with van der Waals surface area (Å²) >= 11 is 0.768. The lowest BCUT2D eigenvalue weighted by atomic mass is 10.2. The lowest BCUT2D eigenvalue weighted by Crippen LogP contribution is -2.23. The summed E-state index contributed by atoms with van der Waals surface area (Å²) < 4.78 is 23.5. The first-order valence-electron chi connectivity index (χ1n) is 7.39. The van der Waals surface area contributed by atoms with Gasteiger partial charge < -0.3 is 19.1 Å². The van der Waals surface area contributed by atoms with Gasteiger partial charge in [-0.15, -0.1) is 10.2 Å². The minimum Gasteiger partial charge on any atom is -0.544 e. The number of carbonyl (C=O) groups excluding carboxylic acids is 1. The molecular formula is C18H12FN2O4S-. The van der Waals surface area contributed by atoms with E-state index < -0.39 is 5.97 Å². The van der Waals surface area contributed by atoms with Crippen molar-refractivity contribution in [2.24, 2.45) is 0 Å². The first-order chi connectivity index (χ1) is 12.5. The molecular weight excluding hydrogens is 359 g/mol. The van der Waals surface area contributed by atoms with E-state index in [9.17, 15) is 14.3 Å². The van der Waals surface area contributed by atoms with Gasteiger partial charge in [0.15, 0.2) is 0 Å². The van der Waals surface area contributed by atoms with Crippen molar-refractivity contribution in [2.75, 3.05) is 7.11 Å². The molecule has 0 unspecified atom stereocenters. The molecule has 1 aromatic heterocycles. The molecule has 8 heteroatoms. The number of thioether (sulfide) groups is 1. The van der Waals surface area contributed by atoms with E-state index in [-0.39, 0.29) is 21.8 Å². The molecule has 3 aromatic rings. The second kappa shape index (κ2) is 7.83. The zero-order valence-corrected chi connectivity index (χ0v) is 14.3. The van der Waals surface area contributed by atoms with Gasteiger partial charge in [0, 0.05) is 10.5 Å². The highest BCUT2D eigenvalue weighted by Gasteiger charge is 2.12. The molecule has 0 N–H and O–H groups in total. The Morgan fingerprint density at radius 1 is 1.23 bits per heavy atom. The van der Waals surface area contributed by atoms with E-state index in [4.69, 9.17) is 9.15 Å². The van der Waals surface area contributed by atoms with Crippen LogP contribution in [0.5, 0.6) is 5.75 Å². The fraction of sp³-hybridized carbons (Fsp3) is 0.0556. The summed E-state index contributed by atoms with van der Waals surface area (Å²) in [5.74, 6) is -1.01. The van der Waals surface area contributed by atoms with Crippen LogP contribution in [0.4, 0.5) is 4.39 Å². The summed E-state index contributed by atoms with van der Waals surface area (Å²) in [7, 11) is 1.52. The zero-order chi connectivity index (χ0) is 18.5. The van der Waals surface area contributed by atoms with Crippen molar-refractivity contribution in [3.63, 3.8) is 0 Å². The number of hydrogen-bond donors (Lipinski definition) is 0. The van der Waals surface area contributed by atoms with Gasteiger partial charge in [-0.25, -0.2) is 4.39 Å². The van der Waals surface area contributed by atoms with Gasteiger partial charge in [-0.1, -0.05) is 12.1 Å². The smallest absolute Gasteiger partial charge is 0.281 e. The molecule has 132 valence electrons. The largest absolute Gasteiger partial charge is 0.544 e. The normalized spacial score (nSPS) is 11.4. The van der Waals surface area contributed by atoms with Crippen LogP contribution in [0.2, 0.25) is 0 Å². The van der Waals surface area contributed by atoms with Crippen LogP contribution in [-0.4, -0.2) is 23.3 Å². The molecule has 0 spiro atoms. The predicted molar refractivity (Wildman–Crippen MR) is 91.5 cm³/mol. The van der Waals surface area contributed by atoms with Crippen molar-refractivity contribution in [3.05, 3.63) is 64.8 Å². The van der Waals surface area contributed by atoms with Gasteiger partial charge in [0.1, 0.15) is 11.6 Å². The third-order valence-corrected chi connectivity index (χ3v) is 4.13. The van der Waals surface area contributed by atoms with Crippen LogP contribution in [0, 0.1) is 5.82 Å². The molecule has 3 rings (SSSR count). The highest BCUT2D eigenvalue weighted by molar-refractivity contribution is 8.03. The number of ether oxygens (including phenoxy) is 1. The first kappa shape index (κ1) is 17.7. The minimum atomic E-state index is -1.38. The van der Waals surface area contributed by atoms with Crippen LogP contribution < -0.4 is 9.84 Å². The fourth-order valence-electron chi connectivity index (χ4n) is 2.07. The Morgan fingerprint density at radius 3 is 2.69 bits per heavy atom. The third-order valence-electron chi connectivity index (χ3n) is 3.29. The standard InChI is InChI=1S/C18H13FN2O4S/c1-24-14-4-2-3-11(9-14)10-15(17(22)23)26-18-21-20-16(25-18)12-5-7-13(19)8-6-12/h2-10H,1H3,(H,22,23)/p-1/b15-10+. The summed E-state index contributed by atoms with van der Waals surface area (Å²) in [5, 5.41) is 19.1. The maximum absolute atomic E-state index is 13.0. The van der Waals surface area contributed by atoms with Crippen molar-refractivity contribution in [1.29, 1.82) is 0 Å². The average Bonchev–Trinajstić information content (AvgIpc) is 3.10. The van der Waals surface area contributed by atoms with E-state index in [1.54, 1.807) is 24.3 Å². The van der Waals surface area contributed by atoms with Gasteiger partial charge in [0.05, 0.1) is 13.1 Å². The van der Waals surface area contributed by atoms with Crippen molar-refractivity contribution in [2.45, 2.75) is 5.22 Å². The predicted octanol–water partition coefficient (Wildman–Crippen LogP) is 2.77. The summed E-state index contributed by atoms with van der Waals surface area (Å²) in [6.07, 6.45) is 1.42. The topological polar surface area (TPSA) is 88.3 Å². The molecule has 0 fully saturated rings. The maximum atomic E-state index is 13.0. The van der Waals surface area contributed by atoms with Crippen LogP contribution in [0.15, 0.2) is 63.1 Å². The molecule has 2 aromatic carbocycles. The molecule has 0 saturated carbocycles. The van der Waals surface area contributed by atoms with Crippen LogP contribution in [0.3, 0.4) is 0 Å². The van der Waals surface area contributed by atoms with Crippen LogP contribution in [0.1, 0.15) is 5.56 Å². The Bertz CT molecular complexity index is 954. The lowest BCUT2D eigenvalue weighted by molar-refractivity contribution is -0.298. The average molecular weight is 371 g/mol. The van der Waals surface area contributed by atoms with E-state index in [0.717, 1.165) is 11.8 Å². The molecule has 0 atom stereocenters. The Morgan fingerprint density at radius 2 is 2.00 bits per heavy atom. The molecule has 0 bridgehead atoms. The van der Waals surface area contributed by atoms with E-state index in [1.165, 1.54) is 37.5 Å². The van der Waals surface area contributed by atoms with E-state index in [1.807, 2.05) is 0 Å². The maximum Gasteiger partial charge on any atom is 0.281 e. The van der Waals surface area contributed by atoms with Gasteiger partial charge in [0.2, 0.25) is 5.89 Å². The summed E-state index contributed by atoms with van der Waals surface area (Å²) in [6.45, 7) is 0. The number of rotatable bonds is 6. The Labute approximate surface area is 152 Å². The van der Waals surface area contributed by atoms with Gasteiger partial charge in [-0.05, 0) is 59.8 Å². The number of benzene rings is 2. The number of carbonyl (C=O) groups is 1. The summed E-state index contributed by atoms with van der Waals surface area (Å²) in [6, 6.07) is 12.4. The van der Waals surface area contributed by atoms with Gasteiger partial charge in [0.25, 0.3) is 5.22 Å². The molecule has 0 saturated heterocycles. The van der Waals surface area contributed by atoms with Crippen molar-refractivity contribution in [3.8, 4) is 17.2 Å². The molecule has 26 heavy (non-hydrogen) atoms. The molecule has 0 aliphatic carbocycles. The first-order valence-corrected chi connectivity index (χ1v) is 8.21. The van der Waals surface area contributed by atoms with Crippen LogP contribution >= 0.6 is 11.8 Å². The van der Waals surface area contributed by atoms with E-state index in [0.29, 0.717) is 16.9 Å². The second-order valence-corrected chi connectivity index (χ2v) is 6.05. The van der Waals surface area contributed by atoms with Crippen LogP contribution in [0.25, 0.3) is 17.5 Å². The number of halogens is 1. The van der Waals surface area contributed by atoms with Crippen molar-refractivity contribution >= 4 is 23.8 Å². The van der Waals surface area contributed by atoms with E-state index in [2.05, 4.69) is 10.2 Å².